The second-order valence-electron chi connectivity index (χ2n) is 8.78. The van der Waals surface area contributed by atoms with Crippen LogP contribution in [0.15, 0.2) is 47.6 Å². The molecule has 0 aliphatic carbocycles. The van der Waals surface area contributed by atoms with Gasteiger partial charge < -0.3 is 4.74 Å². The molecule has 0 heterocycles. The quantitative estimate of drug-likeness (QED) is 0.441. The fourth-order valence-corrected chi connectivity index (χ4v) is 2.56. The van der Waals surface area contributed by atoms with E-state index >= 15 is 0 Å². The predicted molar refractivity (Wildman–Crippen MR) is 113 cm³/mol. The largest absolute Gasteiger partial charge is 0.465 e. The van der Waals surface area contributed by atoms with Gasteiger partial charge in [-0.1, -0.05) is 59.7 Å². The predicted octanol–water partition coefficient (Wildman–Crippen LogP) is 5.51. The first kappa shape index (κ1) is 20.7. The number of carbonyl (C=O) groups is 1. The molecule has 0 fully saturated rings. The molecular weight excluding hydrogens is 336 g/mol. The normalized spacial score (nSPS) is 12.3. The fourth-order valence-electron chi connectivity index (χ4n) is 2.56. The number of ether oxygens (including phenoxy) is 1. The van der Waals surface area contributed by atoms with Gasteiger partial charge in [-0.15, -0.1) is 0 Å². The van der Waals surface area contributed by atoms with Crippen LogP contribution in [-0.4, -0.2) is 19.3 Å². The van der Waals surface area contributed by atoms with E-state index in [1.165, 1.54) is 18.2 Å². The molecule has 0 saturated carbocycles. The zero-order valence-corrected chi connectivity index (χ0v) is 17.4. The molecular formula is C23H30N2O2. The molecule has 0 atom stereocenters. The number of methoxy groups -OCH3 is 1. The molecule has 2 rings (SSSR count). The number of anilines is 1. The topological polar surface area (TPSA) is 50.7 Å². The van der Waals surface area contributed by atoms with Crippen LogP contribution in [0.5, 0.6) is 0 Å². The Bertz CT molecular complexity index is 791. The Hall–Kier alpha value is -2.62. The zero-order chi connectivity index (χ0) is 20.2. The van der Waals surface area contributed by atoms with Crippen molar-refractivity contribution in [3.63, 3.8) is 0 Å². The van der Waals surface area contributed by atoms with Crippen LogP contribution in [0.1, 0.15) is 68.6 Å². The van der Waals surface area contributed by atoms with Gasteiger partial charge in [-0.2, -0.15) is 5.10 Å². The van der Waals surface area contributed by atoms with Crippen LogP contribution < -0.4 is 5.43 Å². The number of nitrogens with zero attached hydrogens (tertiary/aromatic N) is 1. The van der Waals surface area contributed by atoms with Gasteiger partial charge in [0.2, 0.25) is 0 Å². The maximum absolute atomic E-state index is 11.5. The van der Waals surface area contributed by atoms with E-state index in [9.17, 15) is 4.79 Å². The van der Waals surface area contributed by atoms with Crippen molar-refractivity contribution in [3.05, 3.63) is 64.7 Å². The molecule has 0 amide bonds. The summed E-state index contributed by atoms with van der Waals surface area (Å²) < 4.78 is 4.71. The van der Waals surface area contributed by atoms with Crippen LogP contribution in [0.3, 0.4) is 0 Å². The number of nitrogens with one attached hydrogen (secondary N) is 1. The summed E-state index contributed by atoms with van der Waals surface area (Å²) in [6, 6.07) is 13.7. The minimum Gasteiger partial charge on any atom is -0.465 e. The van der Waals surface area contributed by atoms with Gasteiger partial charge in [0, 0.05) is 0 Å². The Kier molecular flexibility index (Phi) is 6.09. The van der Waals surface area contributed by atoms with Crippen LogP contribution in [0.4, 0.5) is 5.69 Å². The number of benzene rings is 2. The summed E-state index contributed by atoms with van der Waals surface area (Å²) in [7, 11) is 1.37. The molecule has 144 valence electrons. The molecule has 0 bridgehead atoms. The Morgan fingerprint density at radius 3 is 1.89 bits per heavy atom. The molecule has 2 aromatic carbocycles. The van der Waals surface area contributed by atoms with Crippen LogP contribution in [-0.2, 0) is 15.6 Å². The highest BCUT2D eigenvalue weighted by Gasteiger charge is 2.20. The highest BCUT2D eigenvalue weighted by atomic mass is 16.5. The van der Waals surface area contributed by atoms with Crippen molar-refractivity contribution >= 4 is 17.9 Å². The lowest BCUT2D eigenvalue weighted by Crippen LogP contribution is -2.16. The summed E-state index contributed by atoms with van der Waals surface area (Å²) in [6.45, 7) is 13.3. The van der Waals surface area contributed by atoms with Crippen LogP contribution in [0, 0.1) is 0 Å². The summed E-state index contributed by atoms with van der Waals surface area (Å²) in [4.78, 5) is 11.5. The van der Waals surface area contributed by atoms with E-state index in [1.54, 1.807) is 18.3 Å². The summed E-state index contributed by atoms with van der Waals surface area (Å²) in [5, 5.41) is 4.36. The molecule has 0 aliphatic rings. The standard InChI is InChI=1S/C23H30N2O2/c1-22(2,3)18-12-19(23(4,5)6)14-20(13-18)25-24-15-16-8-10-17(11-9-16)21(26)27-7/h8-15,25H,1-7H3. The van der Waals surface area contributed by atoms with Crippen LogP contribution in [0.2, 0.25) is 0 Å². The third-order valence-electron chi connectivity index (χ3n) is 4.40. The number of esters is 1. The van der Waals surface area contributed by atoms with Gasteiger partial charge in [-0.25, -0.2) is 4.79 Å². The second-order valence-corrected chi connectivity index (χ2v) is 8.78. The van der Waals surface area contributed by atoms with Crippen molar-refractivity contribution < 1.29 is 9.53 Å². The van der Waals surface area contributed by atoms with Crippen molar-refractivity contribution in [2.45, 2.75) is 52.4 Å². The molecule has 0 aromatic heterocycles. The molecule has 0 spiro atoms. The highest BCUT2D eigenvalue weighted by Crippen LogP contribution is 2.32. The lowest BCUT2D eigenvalue weighted by molar-refractivity contribution is 0.0600. The second kappa shape index (κ2) is 7.95. The Morgan fingerprint density at radius 1 is 0.926 bits per heavy atom. The Labute approximate surface area is 162 Å². The van der Waals surface area contributed by atoms with E-state index in [-0.39, 0.29) is 16.8 Å². The summed E-state index contributed by atoms with van der Waals surface area (Å²) >= 11 is 0. The van der Waals surface area contributed by atoms with Crippen LogP contribution >= 0.6 is 0 Å². The van der Waals surface area contributed by atoms with E-state index in [1.807, 2.05) is 12.1 Å². The average Bonchev–Trinajstić information content (AvgIpc) is 2.60. The van der Waals surface area contributed by atoms with E-state index in [0.717, 1.165) is 11.3 Å². The molecule has 1 N–H and O–H groups in total. The van der Waals surface area contributed by atoms with Gasteiger partial charge in [0.25, 0.3) is 0 Å². The van der Waals surface area contributed by atoms with E-state index in [0.29, 0.717) is 5.56 Å². The summed E-state index contributed by atoms with van der Waals surface area (Å²) in [6.07, 6.45) is 1.74. The average molecular weight is 367 g/mol. The van der Waals surface area contributed by atoms with E-state index in [2.05, 4.69) is 70.3 Å². The maximum Gasteiger partial charge on any atom is 0.337 e. The van der Waals surface area contributed by atoms with Gasteiger partial charge >= 0.3 is 5.97 Å². The van der Waals surface area contributed by atoms with Crippen molar-refractivity contribution in [3.8, 4) is 0 Å². The van der Waals surface area contributed by atoms with Crippen molar-refractivity contribution in [2.24, 2.45) is 5.10 Å². The van der Waals surface area contributed by atoms with Gasteiger partial charge in [-0.3, -0.25) is 5.43 Å². The third kappa shape index (κ3) is 5.68. The lowest BCUT2D eigenvalue weighted by atomic mass is 9.80. The molecule has 4 heteroatoms. The molecule has 4 nitrogen and oxygen atoms in total. The van der Waals surface area contributed by atoms with E-state index < -0.39 is 0 Å². The first-order chi connectivity index (χ1) is 12.5. The van der Waals surface area contributed by atoms with Gasteiger partial charge in [-0.05, 0) is 51.8 Å². The number of hydrogen-bond donors (Lipinski definition) is 1. The highest BCUT2D eigenvalue weighted by molar-refractivity contribution is 5.90. The fraction of sp³-hybridized carbons (Fsp3) is 0.391. The lowest BCUT2D eigenvalue weighted by Gasteiger charge is -2.26. The summed E-state index contributed by atoms with van der Waals surface area (Å²) in [5.74, 6) is -0.342. The minimum absolute atomic E-state index is 0.0606. The van der Waals surface area contributed by atoms with Gasteiger partial charge in [0.05, 0.1) is 24.6 Å². The van der Waals surface area contributed by atoms with Crippen LogP contribution in [0.25, 0.3) is 0 Å². The smallest absolute Gasteiger partial charge is 0.337 e. The van der Waals surface area contributed by atoms with Gasteiger partial charge in [0.1, 0.15) is 0 Å². The Morgan fingerprint density at radius 2 is 1.44 bits per heavy atom. The van der Waals surface area contributed by atoms with Crippen molar-refractivity contribution in [1.82, 2.24) is 0 Å². The third-order valence-corrected chi connectivity index (χ3v) is 4.40. The molecule has 0 aliphatic heterocycles. The number of hydrazone groups is 1. The number of carbonyl (C=O) groups excluding carboxylic acids is 1. The minimum atomic E-state index is -0.342. The molecule has 2 aromatic rings. The van der Waals surface area contributed by atoms with E-state index in [4.69, 9.17) is 4.74 Å². The maximum atomic E-state index is 11.5. The summed E-state index contributed by atoms with van der Waals surface area (Å²) in [5.41, 5.74) is 8.20. The molecule has 0 unspecified atom stereocenters. The zero-order valence-electron chi connectivity index (χ0n) is 17.4. The molecule has 27 heavy (non-hydrogen) atoms. The monoisotopic (exact) mass is 366 g/mol. The van der Waals surface area contributed by atoms with Gasteiger partial charge in [0.15, 0.2) is 0 Å². The SMILES string of the molecule is COC(=O)c1ccc(C=NNc2cc(C(C)(C)C)cc(C(C)(C)C)c2)cc1. The number of rotatable bonds is 4. The Balaban J connectivity index is 2.21. The molecule has 0 radical (unpaired) electrons. The van der Waals surface area contributed by atoms with Crippen molar-refractivity contribution in [2.75, 3.05) is 12.5 Å². The number of hydrogen-bond acceptors (Lipinski definition) is 4. The first-order valence-corrected chi connectivity index (χ1v) is 9.14. The van der Waals surface area contributed by atoms with Crippen molar-refractivity contribution in [1.29, 1.82) is 0 Å². The molecule has 0 saturated heterocycles. The first-order valence-electron chi connectivity index (χ1n) is 9.14.